The Hall–Kier alpha value is -0.0400. The van der Waals surface area contributed by atoms with Gasteiger partial charge in [-0.05, 0) is 110 Å². The van der Waals surface area contributed by atoms with Gasteiger partial charge in [0.2, 0.25) is 0 Å². The number of aliphatic hydroxyl groups is 1. The summed E-state index contributed by atoms with van der Waals surface area (Å²) in [7, 11) is 0. The van der Waals surface area contributed by atoms with Gasteiger partial charge in [0.1, 0.15) is 0 Å². The Labute approximate surface area is 175 Å². The fraction of sp³-hybridized carbons (Fsp3) is 1.00. The second-order valence-electron chi connectivity index (χ2n) is 12.6. The second kappa shape index (κ2) is 7.90. The fourth-order valence-electron chi connectivity index (χ4n) is 9.26. The van der Waals surface area contributed by atoms with Gasteiger partial charge < -0.3 is 5.11 Å². The van der Waals surface area contributed by atoms with Crippen molar-refractivity contribution in [3.8, 4) is 0 Å². The van der Waals surface area contributed by atoms with Crippen molar-refractivity contribution in [2.75, 3.05) is 0 Å². The van der Waals surface area contributed by atoms with Gasteiger partial charge in [0.15, 0.2) is 0 Å². The summed E-state index contributed by atoms with van der Waals surface area (Å²) in [5.74, 6) is 6.49. The van der Waals surface area contributed by atoms with Gasteiger partial charge in [-0.15, -0.1) is 0 Å². The second-order valence-corrected chi connectivity index (χ2v) is 12.6. The molecular formula is C27H48O. The van der Waals surface area contributed by atoms with E-state index in [1.165, 1.54) is 64.2 Å². The molecule has 162 valence electrons. The van der Waals surface area contributed by atoms with E-state index in [-0.39, 0.29) is 6.10 Å². The van der Waals surface area contributed by atoms with Gasteiger partial charge in [-0.3, -0.25) is 0 Å². The van der Waals surface area contributed by atoms with Crippen LogP contribution in [0.25, 0.3) is 0 Å². The third-order valence-corrected chi connectivity index (χ3v) is 10.8. The van der Waals surface area contributed by atoms with Gasteiger partial charge >= 0.3 is 0 Å². The van der Waals surface area contributed by atoms with Crippen LogP contribution >= 0.6 is 0 Å². The molecule has 1 nitrogen and oxygen atoms in total. The van der Waals surface area contributed by atoms with E-state index in [4.69, 9.17) is 0 Å². The normalized spacial score (nSPS) is 49.4. The number of hydrogen-bond donors (Lipinski definition) is 1. The standard InChI is InChI=1S/C27H48O/c1-18(2)7-6-8-19(3)23-11-12-24-22-10-9-20-17-21(28)13-15-26(20,4)25(22)14-16-27(23,24)5/h18-25,28H,6-17H2,1-5H3/t19-,20+,21-,22+,23?,24+,25+,26+,27-/m1/s1. The van der Waals surface area contributed by atoms with Gasteiger partial charge in [-0.2, -0.15) is 0 Å². The Morgan fingerprint density at radius 2 is 1.54 bits per heavy atom. The van der Waals surface area contributed by atoms with E-state index < -0.39 is 0 Å². The van der Waals surface area contributed by atoms with Crippen LogP contribution in [0.4, 0.5) is 0 Å². The maximum absolute atomic E-state index is 10.3. The molecule has 0 aromatic carbocycles. The molecule has 0 aliphatic heterocycles. The molecule has 0 spiro atoms. The zero-order valence-electron chi connectivity index (χ0n) is 19.6. The summed E-state index contributed by atoms with van der Waals surface area (Å²) >= 11 is 0. The minimum atomic E-state index is -0.00830. The summed E-state index contributed by atoms with van der Waals surface area (Å²) in [4.78, 5) is 0. The van der Waals surface area contributed by atoms with Crippen LogP contribution in [0.15, 0.2) is 0 Å². The van der Waals surface area contributed by atoms with Crippen LogP contribution in [-0.2, 0) is 0 Å². The Balaban J connectivity index is 1.46. The van der Waals surface area contributed by atoms with Crippen LogP contribution in [0, 0.1) is 52.3 Å². The Kier molecular flexibility index (Phi) is 5.98. The lowest BCUT2D eigenvalue weighted by molar-refractivity contribution is -0.129. The molecule has 1 unspecified atom stereocenters. The van der Waals surface area contributed by atoms with Crippen molar-refractivity contribution < 1.29 is 5.11 Å². The van der Waals surface area contributed by atoms with Gasteiger partial charge in [-0.25, -0.2) is 0 Å². The number of fused-ring (bicyclic) bond motifs is 5. The molecule has 4 saturated carbocycles. The Morgan fingerprint density at radius 1 is 0.821 bits per heavy atom. The quantitative estimate of drug-likeness (QED) is 0.518. The van der Waals surface area contributed by atoms with E-state index in [1.807, 2.05) is 0 Å². The highest BCUT2D eigenvalue weighted by molar-refractivity contribution is 5.09. The monoisotopic (exact) mass is 388 g/mol. The van der Waals surface area contributed by atoms with Crippen LogP contribution in [0.5, 0.6) is 0 Å². The molecule has 0 amide bonds. The van der Waals surface area contributed by atoms with Crippen molar-refractivity contribution in [3.63, 3.8) is 0 Å². The van der Waals surface area contributed by atoms with Crippen molar-refractivity contribution in [1.82, 2.24) is 0 Å². The Bertz CT molecular complexity index is 540. The van der Waals surface area contributed by atoms with Crippen molar-refractivity contribution in [2.45, 2.75) is 118 Å². The molecule has 4 aliphatic carbocycles. The minimum Gasteiger partial charge on any atom is -0.393 e. The van der Waals surface area contributed by atoms with E-state index in [0.717, 1.165) is 54.3 Å². The first-order valence-electron chi connectivity index (χ1n) is 12.9. The maximum atomic E-state index is 10.3. The molecule has 0 heterocycles. The first-order chi connectivity index (χ1) is 13.3. The minimum absolute atomic E-state index is 0.00830. The summed E-state index contributed by atoms with van der Waals surface area (Å²) in [6.07, 6.45) is 16.6. The lowest BCUT2D eigenvalue weighted by atomic mass is 9.44. The van der Waals surface area contributed by atoms with Gasteiger partial charge in [-0.1, -0.05) is 53.9 Å². The molecular weight excluding hydrogens is 340 g/mol. The zero-order chi connectivity index (χ0) is 20.1. The van der Waals surface area contributed by atoms with Crippen LogP contribution in [0.2, 0.25) is 0 Å². The predicted molar refractivity (Wildman–Crippen MR) is 119 cm³/mol. The molecule has 28 heavy (non-hydrogen) atoms. The highest BCUT2D eigenvalue weighted by atomic mass is 16.3. The van der Waals surface area contributed by atoms with Crippen molar-refractivity contribution in [3.05, 3.63) is 0 Å². The van der Waals surface area contributed by atoms with Crippen LogP contribution in [0.3, 0.4) is 0 Å². The molecule has 0 aromatic heterocycles. The van der Waals surface area contributed by atoms with Gasteiger partial charge in [0.25, 0.3) is 0 Å². The Morgan fingerprint density at radius 3 is 2.29 bits per heavy atom. The summed E-state index contributed by atoms with van der Waals surface area (Å²) in [6.45, 7) is 12.7. The largest absolute Gasteiger partial charge is 0.393 e. The number of rotatable bonds is 5. The first kappa shape index (κ1) is 21.2. The highest BCUT2D eigenvalue weighted by Crippen LogP contribution is 2.68. The van der Waals surface area contributed by atoms with Crippen LogP contribution < -0.4 is 0 Å². The van der Waals surface area contributed by atoms with Crippen molar-refractivity contribution in [2.24, 2.45) is 52.3 Å². The molecule has 0 bridgehead atoms. The molecule has 0 radical (unpaired) electrons. The molecule has 0 saturated heterocycles. The van der Waals surface area contributed by atoms with Crippen molar-refractivity contribution >= 4 is 0 Å². The molecule has 4 fully saturated rings. The fourth-order valence-corrected chi connectivity index (χ4v) is 9.26. The summed E-state index contributed by atoms with van der Waals surface area (Å²) in [5.41, 5.74) is 1.15. The maximum Gasteiger partial charge on any atom is 0.0543 e. The molecule has 1 heteroatoms. The van der Waals surface area contributed by atoms with Crippen LogP contribution in [-0.4, -0.2) is 11.2 Å². The smallest absolute Gasteiger partial charge is 0.0543 e. The van der Waals surface area contributed by atoms with Crippen LogP contribution in [0.1, 0.15) is 112 Å². The molecule has 0 aromatic rings. The summed E-state index contributed by atoms with van der Waals surface area (Å²) in [6, 6.07) is 0. The molecule has 9 atom stereocenters. The highest BCUT2D eigenvalue weighted by Gasteiger charge is 2.60. The third-order valence-electron chi connectivity index (χ3n) is 10.8. The lowest BCUT2D eigenvalue weighted by Crippen LogP contribution is -2.54. The van der Waals surface area contributed by atoms with Crippen molar-refractivity contribution in [1.29, 1.82) is 0 Å². The van der Waals surface area contributed by atoms with Gasteiger partial charge in [0.05, 0.1) is 6.10 Å². The first-order valence-corrected chi connectivity index (χ1v) is 12.9. The van der Waals surface area contributed by atoms with E-state index in [9.17, 15) is 5.11 Å². The number of aliphatic hydroxyl groups excluding tert-OH is 1. The SMILES string of the molecule is CC(C)CCC[C@@H](C)C1CC[C@H]2[C@@H]3CC[C@H]4C[C@H](O)CC[C@]4(C)[C@H]3CC[C@]12C. The molecule has 1 N–H and O–H groups in total. The predicted octanol–water partition coefficient (Wildman–Crippen LogP) is 7.47. The topological polar surface area (TPSA) is 20.2 Å². The van der Waals surface area contributed by atoms with E-state index in [2.05, 4.69) is 34.6 Å². The third kappa shape index (κ3) is 3.50. The average molecular weight is 389 g/mol. The van der Waals surface area contributed by atoms with E-state index >= 15 is 0 Å². The summed E-state index contributed by atoms with van der Waals surface area (Å²) < 4.78 is 0. The number of hydrogen-bond acceptors (Lipinski definition) is 1. The summed E-state index contributed by atoms with van der Waals surface area (Å²) in [5, 5.41) is 10.3. The molecule has 4 rings (SSSR count). The molecule has 4 aliphatic rings. The lowest BCUT2D eigenvalue weighted by Gasteiger charge is -2.61. The zero-order valence-corrected chi connectivity index (χ0v) is 19.6. The van der Waals surface area contributed by atoms with E-state index in [1.54, 1.807) is 0 Å². The average Bonchev–Trinajstić information content (AvgIpc) is 2.99. The van der Waals surface area contributed by atoms with Gasteiger partial charge in [0, 0.05) is 0 Å². The van der Waals surface area contributed by atoms with E-state index in [0.29, 0.717) is 10.8 Å².